The molecule has 0 bridgehead atoms. The van der Waals surface area contributed by atoms with E-state index in [4.69, 9.17) is 0 Å². The molecule has 4 aromatic rings. The standard InChI is InChI=1S/C26H22N2O2S/c1-18-12-14-20(15-13-18)26(30)27-21-8-5-9-22(16-21)31-17-25(29)28-24-11-4-7-19-6-2-3-10-23(19)24/h2-16H,17H2,1H3,(H,27,30)(H,28,29). The Balaban J connectivity index is 1.37. The first-order valence-electron chi connectivity index (χ1n) is 9.97. The maximum atomic E-state index is 12.5. The van der Waals surface area contributed by atoms with Crippen LogP contribution in [0, 0.1) is 6.92 Å². The Bertz CT molecular complexity index is 1230. The summed E-state index contributed by atoms with van der Waals surface area (Å²) in [6.45, 7) is 1.98. The third-order valence-corrected chi connectivity index (χ3v) is 5.83. The number of hydrogen-bond donors (Lipinski definition) is 2. The lowest BCUT2D eigenvalue weighted by Gasteiger charge is -2.10. The summed E-state index contributed by atoms with van der Waals surface area (Å²) in [4.78, 5) is 25.8. The van der Waals surface area contributed by atoms with Crippen LogP contribution in [-0.4, -0.2) is 17.6 Å². The smallest absolute Gasteiger partial charge is 0.255 e. The van der Waals surface area contributed by atoms with Gasteiger partial charge in [0.15, 0.2) is 0 Å². The van der Waals surface area contributed by atoms with Gasteiger partial charge in [0.25, 0.3) is 5.91 Å². The van der Waals surface area contributed by atoms with Gasteiger partial charge >= 0.3 is 0 Å². The minimum atomic E-state index is -0.157. The number of rotatable bonds is 6. The summed E-state index contributed by atoms with van der Waals surface area (Å²) in [7, 11) is 0. The molecule has 0 spiro atoms. The second-order valence-electron chi connectivity index (χ2n) is 7.21. The normalized spacial score (nSPS) is 10.6. The first kappa shape index (κ1) is 20.7. The lowest BCUT2D eigenvalue weighted by molar-refractivity contribution is -0.113. The zero-order valence-electron chi connectivity index (χ0n) is 17.1. The Kier molecular flexibility index (Phi) is 6.34. The maximum Gasteiger partial charge on any atom is 0.255 e. The third-order valence-electron chi connectivity index (χ3n) is 4.84. The van der Waals surface area contributed by atoms with Gasteiger partial charge in [-0.15, -0.1) is 11.8 Å². The molecule has 31 heavy (non-hydrogen) atoms. The summed E-state index contributed by atoms with van der Waals surface area (Å²) in [6.07, 6.45) is 0. The number of carbonyl (C=O) groups excluding carboxylic acids is 2. The second-order valence-corrected chi connectivity index (χ2v) is 8.26. The molecule has 154 valence electrons. The van der Waals surface area contributed by atoms with Crippen molar-refractivity contribution in [3.8, 4) is 0 Å². The van der Waals surface area contributed by atoms with Crippen LogP contribution in [0.15, 0.2) is 95.9 Å². The highest BCUT2D eigenvalue weighted by atomic mass is 32.2. The zero-order chi connectivity index (χ0) is 21.6. The number of aryl methyl sites for hydroxylation is 1. The van der Waals surface area contributed by atoms with Gasteiger partial charge in [0.1, 0.15) is 0 Å². The Hall–Kier alpha value is -3.57. The highest BCUT2D eigenvalue weighted by molar-refractivity contribution is 8.00. The van der Waals surface area contributed by atoms with Crippen molar-refractivity contribution in [2.24, 2.45) is 0 Å². The average molecular weight is 427 g/mol. The number of nitrogens with one attached hydrogen (secondary N) is 2. The van der Waals surface area contributed by atoms with Crippen LogP contribution in [0.25, 0.3) is 10.8 Å². The molecule has 0 saturated carbocycles. The SMILES string of the molecule is Cc1ccc(C(=O)Nc2cccc(SCC(=O)Nc3cccc4ccccc34)c2)cc1. The molecular formula is C26H22N2O2S. The molecule has 0 saturated heterocycles. The van der Waals surface area contributed by atoms with Gasteiger partial charge in [0, 0.05) is 27.2 Å². The number of benzene rings is 4. The van der Waals surface area contributed by atoms with Crippen molar-refractivity contribution in [2.45, 2.75) is 11.8 Å². The summed E-state index contributed by atoms with van der Waals surface area (Å²) < 4.78 is 0. The molecule has 0 aliphatic heterocycles. The minimum absolute atomic E-state index is 0.0737. The van der Waals surface area contributed by atoms with Crippen LogP contribution >= 0.6 is 11.8 Å². The molecule has 4 nitrogen and oxygen atoms in total. The van der Waals surface area contributed by atoms with Crippen molar-refractivity contribution in [1.29, 1.82) is 0 Å². The second kappa shape index (κ2) is 9.49. The Morgan fingerprint density at radius 3 is 2.39 bits per heavy atom. The molecule has 4 aromatic carbocycles. The van der Waals surface area contributed by atoms with Crippen LogP contribution in [0.1, 0.15) is 15.9 Å². The fraction of sp³-hybridized carbons (Fsp3) is 0.0769. The molecule has 0 fully saturated rings. The van der Waals surface area contributed by atoms with E-state index in [-0.39, 0.29) is 17.6 Å². The molecule has 2 N–H and O–H groups in total. The molecule has 0 aliphatic rings. The van der Waals surface area contributed by atoms with E-state index < -0.39 is 0 Å². The predicted molar refractivity (Wildman–Crippen MR) is 129 cm³/mol. The minimum Gasteiger partial charge on any atom is -0.325 e. The van der Waals surface area contributed by atoms with Crippen LogP contribution in [0.2, 0.25) is 0 Å². The van der Waals surface area contributed by atoms with Crippen molar-refractivity contribution >= 4 is 45.7 Å². The number of anilines is 2. The third kappa shape index (κ3) is 5.32. The first-order valence-corrected chi connectivity index (χ1v) is 11.0. The summed E-state index contributed by atoms with van der Waals surface area (Å²) in [5.74, 6) is 0.0461. The molecule has 0 aliphatic carbocycles. The van der Waals surface area contributed by atoms with Crippen molar-refractivity contribution in [2.75, 3.05) is 16.4 Å². The average Bonchev–Trinajstić information content (AvgIpc) is 2.79. The predicted octanol–water partition coefficient (Wildman–Crippen LogP) is 6.13. The van der Waals surface area contributed by atoms with Gasteiger partial charge in [-0.1, -0.05) is 60.2 Å². The number of thioether (sulfide) groups is 1. The fourth-order valence-electron chi connectivity index (χ4n) is 3.24. The van der Waals surface area contributed by atoms with E-state index in [0.717, 1.165) is 26.9 Å². The van der Waals surface area contributed by atoms with E-state index in [1.165, 1.54) is 11.8 Å². The van der Waals surface area contributed by atoms with Crippen LogP contribution < -0.4 is 10.6 Å². The van der Waals surface area contributed by atoms with Crippen LogP contribution in [-0.2, 0) is 4.79 Å². The van der Waals surface area contributed by atoms with Crippen molar-refractivity contribution in [3.63, 3.8) is 0 Å². The number of carbonyl (C=O) groups is 2. The Morgan fingerprint density at radius 1 is 0.806 bits per heavy atom. The first-order chi connectivity index (χ1) is 15.1. The van der Waals surface area contributed by atoms with Gasteiger partial charge < -0.3 is 10.6 Å². The molecule has 5 heteroatoms. The van der Waals surface area contributed by atoms with Crippen molar-refractivity contribution in [1.82, 2.24) is 0 Å². The molecule has 4 rings (SSSR count). The number of fused-ring (bicyclic) bond motifs is 1. The molecule has 0 atom stereocenters. The summed E-state index contributed by atoms with van der Waals surface area (Å²) in [6, 6.07) is 28.8. The summed E-state index contributed by atoms with van der Waals surface area (Å²) in [5, 5.41) is 8.02. The Morgan fingerprint density at radius 2 is 1.55 bits per heavy atom. The molecule has 0 heterocycles. The summed E-state index contributed by atoms with van der Waals surface area (Å²) in [5.41, 5.74) is 3.22. The topological polar surface area (TPSA) is 58.2 Å². The van der Waals surface area contributed by atoms with Crippen molar-refractivity contribution < 1.29 is 9.59 Å². The quantitative estimate of drug-likeness (QED) is 0.365. The van der Waals surface area contributed by atoms with Crippen LogP contribution in [0.4, 0.5) is 11.4 Å². The van der Waals surface area contributed by atoms with E-state index in [1.807, 2.05) is 85.8 Å². The van der Waals surface area contributed by atoms with Gasteiger partial charge in [-0.25, -0.2) is 0 Å². The lowest BCUT2D eigenvalue weighted by Crippen LogP contribution is -2.14. The van der Waals surface area contributed by atoms with Crippen molar-refractivity contribution in [3.05, 3.63) is 102 Å². The Labute approximate surface area is 185 Å². The molecule has 2 amide bonds. The van der Waals surface area contributed by atoms with Crippen LogP contribution in [0.3, 0.4) is 0 Å². The van der Waals surface area contributed by atoms with Gasteiger partial charge in [-0.2, -0.15) is 0 Å². The number of hydrogen-bond acceptors (Lipinski definition) is 3. The maximum absolute atomic E-state index is 12.5. The number of amides is 2. The summed E-state index contributed by atoms with van der Waals surface area (Å²) >= 11 is 1.43. The van der Waals surface area contributed by atoms with Gasteiger partial charge in [-0.05, 0) is 48.7 Å². The van der Waals surface area contributed by atoms with E-state index in [1.54, 1.807) is 12.1 Å². The van der Waals surface area contributed by atoms with Gasteiger partial charge in [0.2, 0.25) is 5.91 Å². The molecular weight excluding hydrogens is 404 g/mol. The van der Waals surface area contributed by atoms with E-state index in [9.17, 15) is 9.59 Å². The molecule has 0 radical (unpaired) electrons. The molecule has 0 unspecified atom stereocenters. The monoisotopic (exact) mass is 426 g/mol. The largest absolute Gasteiger partial charge is 0.325 e. The van der Waals surface area contributed by atoms with Crippen LogP contribution in [0.5, 0.6) is 0 Å². The van der Waals surface area contributed by atoms with E-state index in [0.29, 0.717) is 11.3 Å². The lowest BCUT2D eigenvalue weighted by atomic mass is 10.1. The van der Waals surface area contributed by atoms with Gasteiger partial charge in [0.05, 0.1) is 5.75 Å². The zero-order valence-corrected chi connectivity index (χ0v) is 17.9. The van der Waals surface area contributed by atoms with E-state index >= 15 is 0 Å². The molecule has 0 aromatic heterocycles. The fourth-order valence-corrected chi connectivity index (χ4v) is 4.00. The highest BCUT2D eigenvalue weighted by Gasteiger charge is 2.09. The van der Waals surface area contributed by atoms with E-state index in [2.05, 4.69) is 10.6 Å². The highest BCUT2D eigenvalue weighted by Crippen LogP contribution is 2.25. The van der Waals surface area contributed by atoms with Gasteiger partial charge in [-0.3, -0.25) is 9.59 Å².